The van der Waals surface area contributed by atoms with Crippen LogP contribution in [0.5, 0.6) is 0 Å². The molecule has 0 saturated carbocycles. The first kappa shape index (κ1) is 16.7. The molecular formula is C18H18FNO3. The highest BCUT2D eigenvalue weighted by Crippen LogP contribution is 2.27. The third-order valence-corrected chi connectivity index (χ3v) is 3.78. The molecule has 0 aliphatic rings. The lowest BCUT2D eigenvalue weighted by Gasteiger charge is -2.20. The second kappa shape index (κ2) is 7.54. The summed E-state index contributed by atoms with van der Waals surface area (Å²) < 4.78 is 12.8. The number of benzene rings is 2. The van der Waals surface area contributed by atoms with Crippen molar-refractivity contribution >= 4 is 17.6 Å². The minimum Gasteiger partial charge on any atom is -0.481 e. The minimum atomic E-state index is -1.02. The monoisotopic (exact) mass is 315 g/mol. The molecule has 0 aliphatic heterocycles. The van der Waals surface area contributed by atoms with Crippen molar-refractivity contribution in [3.05, 3.63) is 66.0 Å². The number of aliphatic carboxylic acids is 1. The molecule has 0 saturated heterocycles. The van der Waals surface area contributed by atoms with Crippen LogP contribution in [-0.2, 0) is 9.59 Å². The maximum atomic E-state index is 12.8. The Kier molecular flexibility index (Phi) is 5.46. The molecule has 2 atom stereocenters. The summed E-state index contributed by atoms with van der Waals surface area (Å²) >= 11 is 0. The van der Waals surface area contributed by atoms with Crippen molar-refractivity contribution in [3.8, 4) is 0 Å². The van der Waals surface area contributed by atoms with E-state index in [1.807, 2.05) is 30.3 Å². The van der Waals surface area contributed by atoms with Gasteiger partial charge in [0.2, 0.25) is 5.91 Å². The molecule has 5 heteroatoms. The molecule has 4 nitrogen and oxygen atoms in total. The molecule has 0 bridgehead atoms. The summed E-state index contributed by atoms with van der Waals surface area (Å²) in [5, 5.41) is 12.0. The summed E-state index contributed by atoms with van der Waals surface area (Å²) in [5.74, 6) is -2.96. The molecule has 2 N–H and O–H groups in total. The van der Waals surface area contributed by atoms with Gasteiger partial charge in [0.25, 0.3) is 0 Å². The fraction of sp³-hybridized carbons (Fsp3) is 0.222. The van der Waals surface area contributed by atoms with Gasteiger partial charge in [-0.3, -0.25) is 9.59 Å². The zero-order chi connectivity index (χ0) is 16.8. The smallest absolute Gasteiger partial charge is 0.307 e. The van der Waals surface area contributed by atoms with Crippen LogP contribution in [0, 0.1) is 11.7 Å². The Balaban J connectivity index is 2.05. The van der Waals surface area contributed by atoms with Gasteiger partial charge in [0.1, 0.15) is 5.82 Å². The Morgan fingerprint density at radius 1 is 1.09 bits per heavy atom. The van der Waals surface area contributed by atoms with Gasteiger partial charge in [0, 0.05) is 12.1 Å². The Hall–Kier alpha value is -2.69. The summed E-state index contributed by atoms with van der Waals surface area (Å²) in [4.78, 5) is 23.6. The number of rotatable bonds is 6. The SMILES string of the molecule is C[C@@H](c1ccccc1)[C@@H](CC(=O)Nc1ccc(F)cc1)C(=O)O. The van der Waals surface area contributed by atoms with Gasteiger partial charge in [-0.15, -0.1) is 0 Å². The highest BCUT2D eigenvalue weighted by atomic mass is 19.1. The van der Waals surface area contributed by atoms with Crippen LogP contribution < -0.4 is 5.32 Å². The standard InChI is InChI=1S/C18H18FNO3/c1-12(13-5-3-2-4-6-13)16(18(22)23)11-17(21)20-15-9-7-14(19)8-10-15/h2-10,12,16H,11H2,1H3,(H,20,21)(H,22,23)/t12-,16+/m0/s1. The fourth-order valence-corrected chi connectivity index (χ4v) is 2.41. The van der Waals surface area contributed by atoms with E-state index in [0.29, 0.717) is 5.69 Å². The summed E-state index contributed by atoms with van der Waals surface area (Å²) in [6.45, 7) is 1.79. The van der Waals surface area contributed by atoms with E-state index in [1.54, 1.807) is 6.92 Å². The molecule has 0 aliphatic carbocycles. The van der Waals surface area contributed by atoms with E-state index in [2.05, 4.69) is 5.32 Å². The van der Waals surface area contributed by atoms with E-state index in [1.165, 1.54) is 24.3 Å². The zero-order valence-corrected chi connectivity index (χ0v) is 12.7. The summed E-state index contributed by atoms with van der Waals surface area (Å²) in [6.07, 6.45) is -0.150. The van der Waals surface area contributed by atoms with Crippen molar-refractivity contribution in [2.24, 2.45) is 5.92 Å². The number of hydrogen-bond acceptors (Lipinski definition) is 2. The number of carboxylic acid groups (broad SMARTS) is 1. The van der Waals surface area contributed by atoms with E-state index >= 15 is 0 Å². The summed E-state index contributed by atoms with van der Waals surface area (Å²) in [6, 6.07) is 14.6. The van der Waals surface area contributed by atoms with Gasteiger partial charge in [-0.05, 0) is 35.7 Å². The molecule has 120 valence electrons. The molecule has 2 aromatic carbocycles. The van der Waals surface area contributed by atoms with Crippen LogP contribution >= 0.6 is 0 Å². The van der Waals surface area contributed by atoms with Gasteiger partial charge >= 0.3 is 5.97 Å². The molecule has 0 unspecified atom stereocenters. The van der Waals surface area contributed by atoms with Gasteiger partial charge < -0.3 is 10.4 Å². The second-order valence-corrected chi connectivity index (χ2v) is 5.40. The number of carbonyl (C=O) groups excluding carboxylic acids is 1. The number of amides is 1. The van der Waals surface area contributed by atoms with E-state index in [9.17, 15) is 19.1 Å². The lowest BCUT2D eigenvalue weighted by atomic mass is 9.85. The average Bonchev–Trinajstić information content (AvgIpc) is 2.55. The normalized spacial score (nSPS) is 13.1. The van der Waals surface area contributed by atoms with Gasteiger partial charge in [0.05, 0.1) is 5.92 Å². The maximum absolute atomic E-state index is 12.8. The lowest BCUT2D eigenvalue weighted by molar-refractivity contribution is -0.144. The molecule has 2 rings (SSSR count). The van der Waals surface area contributed by atoms with E-state index < -0.39 is 23.6 Å². The molecule has 0 heterocycles. The van der Waals surface area contributed by atoms with Crippen LogP contribution in [0.2, 0.25) is 0 Å². The number of halogens is 1. The maximum Gasteiger partial charge on any atom is 0.307 e. The summed E-state index contributed by atoms with van der Waals surface area (Å²) in [7, 11) is 0. The Labute approximate surface area is 134 Å². The predicted molar refractivity (Wildman–Crippen MR) is 85.6 cm³/mol. The molecule has 0 fully saturated rings. The van der Waals surface area contributed by atoms with Crippen molar-refractivity contribution in [2.45, 2.75) is 19.3 Å². The topological polar surface area (TPSA) is 66.4 Å². The lowest BCUT2D eigenvalue weighted by Crippen LogP contribution is -2.26. The highest BCUT2D eigenvalue weighted by molar-refractivity contribution is 5.93. The number of nitrogens with one attached hydrogen (secondary N) is 1. The third kappa shape index (κ3) is 4.64. The van der Waals surface area contributed by atoms with E-state index in [4.69, 9.17) is 0 Å². The van der Waals surface area contributed by atoms with Gasteiger partial charge in [0.15, 0.2) is 0 Å². The largest absolute Gasteiger partial charge is 0.481 e. The molecular weight excluding hydrogens is 297 g/mol. The Bertz CT molecular complexity index is 670. The second-order valence-electron chi connectivity index (χ2n) is 5.40. The quantitative estimate of drug-likeness (QED) is 0.855. The van der Waals surface area contributed by atoms with Crippen LogP contribution in [0.4, 0.5) is 10.1 Å². The summed E-state index contributed by atoms with van der Waals surface area (Å²) in [5.41, 5.74) is 1.31. The van der Waals surface area contributed by atoms with E-state index in [0.717, 1.165) is 5.56 Å². The molecule has 2 aromatic rings. The van der Waals surface area contributed by atoms with Crippen molar-refractivity contribution in [2.75, 3.05) is 5.32 Å². The zero-order valence-electron chi connectivity index (χ0n) is 12.7. The highest BCUT2D eigenvalue weighted by Gasteiger charge is 2.28. The first-order valence-corrected chi connectivity index (χ1v) is 7.30. The Morgan fingerprint density at radius 3 is 2.26 bits per heavy atom. The molecule has 1 amide bonds. The minimum absolute atomic E-state index is 0.150. The van der Waals surface area contributed by atoms with Gasteiger partial charge in [-0.25, -0.2) is 4.39 Å². The molecule has 0 aromatic heterocycles. The van der Waals surface area contributed by atoms with Crippen LogP contribution in [0.25, 0.3) is 0 Å². The van der Waals surface area contributed by atoms with Crippen molar-refractivity contribution in [1.29, 1.82) is 0 Å². The van der Waals surface area contributed by atoms with Crippen molar-refractivity contribution < 1.29 is 19.1 Å². The first-order chi connectivity index (χ1) is 11.0. The van der Waals surface area contributed by atoms with Gasteiger partial charge in [-0.2, -0.15) is 0 Å². The molecule has 0 spiro atoms. The predicted octanol–water partition coefficient (Wildman–Crippen LogP) is 3.66. The van der Waals surface area contributed by atoms with Crippen molar-refractivity contribution in [3.63, 3.8) is 0 Å². The fourth-order valence-electron chi connectivity index (χ4n) is 2.41. The number of hydrogen-bond donors (Lipinski definition) is 2. The number of carbonyl (C=O) groups is 2. The first-order valence-electron chi connectivity index (χ1n) is 7.30. The third-order valence-electron chi connectivity index (χ3n) is 3.78. The molecule has 23 heavy (non-hydrogen) atoms. The number of carboxylic acids is 1. The van der Waals surface area contributed by atoms with E-state index in [-0.39, 0.29) is 12.3 Å². The van der Waals surface area contributed by atoms with Crippen LogP contribution in [0.3, 0.4) is 0 Å². The average molecular weight is 315 g/mol. The molecule has 0 radical (unpaired) electrons. The Morgan fingerprint density at radius 2 is 1.70 bits per heavy atom. The van der Waals surface area contributed by atoms with Crippen LogP contribution in [0.1, 0.15) is 24.8 Å². The number of anilines is 1. The van der Waals surface area contributed by atoms with Gasteiger partial charge in [-0.1, -0.05) is 37.3 Å². The van der Waals surface area contributed by atoms with Crippen LogP contribution in [-0.4, -0.2) is 17.0 Å². The van der Waals surface area contributed by atoms with Crippen molar-refractivity contribution in [1.82, 2.24) is 0 Å². The van der Waals surface area contributed by atoms with Crippen LogP contribution in [0.15, 0.2) is 54.6 Å².